The molecule has 0 aromatic heterocycles. The van der Waals surface area contributed by atoms with Gasteiger partial charge in [0.15, 0.2) is 0 Å². The van der Waals surface area contributed by atoms with E-state index in [1.54, 1.807) is 13.8 Å². The molecule has 0 aliphatic carbocycles. The number of carboxylic acid groups (broad SMARTS) is 2. The second-order valence-electron chi connectivity index (χ2n) is 8.15. The van der Waals surface area contributed by atoms with Crippen molar-refractivity contribution < 1.29 is 39.0 Å². The Bertz CT molecular complexity index is 756. The topological polar surface area (TPSA) is 222 Å². The van der Waals surface area contributed by atoms with Crippen molar-refractivity contribution in [3.05, 3.63) is 0 Å². The van der Waals surface area contributed by atoms with Crippen LogP contribution in [0.1, 0.15) is 46.0 Å². The highest BCUT2D eigenvalue weighted by atomic mass is 16.4. The van der Waals surface area contributed by atoms with Crippen LogP contribution in [-0.2, 0) is 28.8 Å². The maximum atomic E-state index is 13.0. The van der Waals surface area contributed by atoms with Gasteiger partial charge < -0.3 is 37.2 Å². The fraction of sp³-hybridized carbons (Fsp3) is 0.684. The highest BCUT2D eigenvalue weighted by Crippen LogP contribution is 2.20. The molecule has 0 bridgehead atoms. The van der Waals surface area contributed by atoms with E-state index in [1.165, 1.54) is 0 Å². The lowest BCUT2D eigenvalue weighted by molar-refractivity contribution is -0.147. The van der Waals surface area contributed by atoms with Gasteiger partial charge in [-0.2, -0.15) is 0 Å². The third-order valence-corrected chi connectivity index (χ3v) is 4.91. The van der Waals surface area contributed by atoms with Gasteiger partial charge in [-0.05, 0) is 25.2 Å². The van der Waals surface area contributed by atoms with Crippen LogP contribution in [0.3, 0.4) is 0 Å². The Kier molecular flexibility index (Phi) is 10.0. The predicted octanol–water partition coefficient (Wildman–Crippen LogP) is -2.24. The summed E-state index contributed by atoms with van der Waals surface area (Å²) in [6.45, 7) is 3.73. The van der Waals surface area contributed by atoms with Crippen molar-refractivity contribution in [2.75, 3.05) is 6.54 Å². The fourth-order valence-corrected chi connectivity index (χ4v) is 3.43. The first-order chi connectivity index (χ1) is 14.8. The SMILES string of the molecule is CC(C)CC(NC(=O)C1CCCN1C(=O)C(CC(=O)O)NC(=O)C(N)CC(N)=O)C(=O)O. The van der Waals surface area contributed by atoms with Gasteiger partial charge in [0.05, 0.1) is 18.9 Å². The molecule has 1 heterocycles. The zero-order valence-corrected chi connectivity index (χ0v) is 18.1. The quantitative estimate of drug-likeness (QED) is 0.186. The average molecular weight is 457 g/mol. The number of aliphatic carboxylic acids is 2. The first-order valence-corrected chi connectivity index (χ1v) is 10.2. The minimum absolute atomic E-state index is 0.00233. The number of amides is 4. The van der Waals surface area contributed by atoms with Gasteiger partial charge in [0, 0.05) is 6.54 Å². The standard InChI is InChI=1S/C19H31N5O8/c1-9(2)6-12(19(31)32)23-17(29)13-4-3-5-24(13)18(30)11(8-15(26)27)22-16(28)10(20)7-14(21)25/h9-13H,3-8,20H2,1-2H3,(H2,21,25)(H,22,28)(H,23,29)(H,26,27)(H,31,32). The van der Waals surface area contributed by atoms with Gasteiger partial charge >= 0.3 is 11.9 Å². The molecular weight excluding hydrogens is 426 g/mol. The molecule has 1 aliphatic heterocycles. The number of rotatable bonds is 12. The van der Waals surface area contributed by atoms with Gasteiger partial charge in [-0.25, -0.2) is 4.79 Å². The largest absolute Gasteiger partial charge is 0.481 e. The van der Waals surface area contributed by atoms with Gasteiger partial charge in [-0.1, -0.05) is 13.8 Å². The summed E-state index contributed by atoms with van der Waals surface area (Å²) in [6.07, 6.45) is -0.400. The molecule has 13 heteroatoms. The molecule has 8 N–H and O–H groups in total. The molecule has 1 fully saturated rings. The summed E-state index contributed by atoms with van der Waals surface area (Å²) in [5.41, 5.74) is 10.5. The number of nitrogens with two attached hydrogens (primary N) is 2. The van der Waals surface area contributed by atoms with Gasteiger partial charge in [-0.15, -0.1) is 0 Å². The molecule has 0 saturated carbocycles. The van der Waals surface area contributed by atoms with Gasteiger partial charge in [0.2, 0.25) is 23.6 Å². The number of hydrogen-bond acceptors (Lipinski definition) is 7. The van der Waals surface area contributed by atoms with E-state index in [2.05, 4.69) is 10.6 Å². The van der Waals surface area contributed by atoms with Crippen molar-refractivity contribution in [2.24, 2.45) is 17.4 Å². The minimum Gasteiger partial charge on any atom is -0.481 e. The van der Waals surface area contributed by atoms with Crippen LogP contribution in [0.15, 0.2) is 0 Å². The van der Waals surface area contributed by atoms with Crippen LogP contribution in [0.2, 0.25) is 0 Å². The summed E-state index contributed by atoms with van der Waals surface area (Å²) >= 11 is 0. The third kappa shape index (κ3) is 8.13. The number of carboxylic acids is 2. The van der Waals surface area contributed by atoms with Crippen LogP contribution in [0.5, 0.6) is 0 Å². The van der Waals surface area contributed by atoms with Crippen molar-refractivity contribution in [1.29, 1.82) is 0 Å². The molecule has 0 spiro atoms. The van der Waals surface area contributed by atoms with Crippen LogP contribution in [-0.4, -0.2) is 81.4 Å². The zero-order valence-electron chi connectivity index (χ0n) is 18.1. The van der Waals surface area contributed by atoms with Gasteiger partial charge in [-0.3, -0.25) is 24.0 Å². The predicted molar refractivity (Wildman–Crippen MR) is 110 cm³/mol. The number of nitrogens with one attached hydrogen (secondary N) is 2. The molecule has 4 atom stereocenters. The Hall–Kier alpha value is -3.22. The summed E-state index contributed by atoms with van der Waals surface area (Å²) in [6, 6.07) is -5.05. The summed E-state index contributed by atoms with van der Waals surface area (Å²) in [5.74, 6) is -5.86. The van der Waals surface area contributed by atoms with Crippen LogP contribution in [0.4, 0.5) is 0 Å². The molecule has 0 aromatic carbocycles. The second kappa shape index (κ2) is 12.0. The normalized spacial score (nSPS) is 18.5. The van der Waals surface area contributed by atoms with Gasteiger partial charge in [0.25, 0.3) is 0 Å². The lowest BCUT2D eigenvalue weighted by Crippen LogP contribution is -2.57. The van der Waals surface area contributed by atoms with Gasteiger partial charge in [0.1, 0.15) is 18.1 Å². The first-order valence-electron chi connectivity index (χ1n) is 10.2. The molecule has 32 heavy (non-hydrogen) atoms. The molecule has 4 amide bonds. The summed E-state index contributed by atoms with van der Waals surface area (Å²) in [5, 5.41) is 23.1. The van der Waals surface area contributed by atoms with Crippen molar-refractivity contribution in [3.8, 4) is 0 Å². The molecule has 180 valence electrons. The van der Waals surface area contributed by atoms with Crippen molar-refractivity contribution in [3.63, 3.8) is 0 Å². The molecule has 1 rings (SSSR count). The van der Waals surface area contributed by atoms with E-state index in [1.807, 2.05) is 0 Å². The lowest BCUT2D eigenvalue weighted by atomic mass is 10.0. The van der Waals surface area contributed by atoms with Crippen LogP contribution in [0, 0.1) is 5.92 Å². The smallest absolute Gasteiger partial charge is 0.326 e. The molecule has 13 nitrogen and oxygen atoms in total. The van der Waals surface area contributed by atoms with Crippen molar-refractivity contribution in [2.45, 2.75) is 70.1 Å². The van der Waals surface area contributed by atoms with E-state index in [-0.39, 0.29) is 25.3 Å². The lowest BCUT2D eigenvalue weighted by Gasteiger charge is -2.29. The van der Waals surface area contributed by atoms with Crippen LogP contribution < -0.4 is 22.1 Å². The summed E-state index contributed by atoms with van der Waals surface area (Å²) in [4.78, 5) is 72.6. The van der Waals surface area contributed by atoms with Crippen LogP contribution >= 0.6 is 0 Å². The number of carbonyl (C=O) groups excluding carboxylic acids is 4. The molecule has 1 saturated heterocycles. The van der Waals surface area contributed by atoms with Crippen LogP contribution in [0.25, 0.3) is 0 Å². The Morgan fingerprint density at radius 1 is 1.03 bits per heavy atom. The number of nitrogens with zero attached hydrogens (tertiary/aromatic N) is 1. The average Bonchev–Trinajstić information content (AvgIpc) is 3.14. The molecule has 4 unspecified atom stereocenters. The maximum absolute atomic E-state index is 13.0. The van der Waals surface area contributed by atoms with E-state index in [9.17, 15) is 33.9 Å². The number of primary amides is 1. The van der Waals surface area contributed by atoms with E-state index in [0.29, 0.717) is 6.42 Å². The monoisotopic (exact) mass is 457 g/mol. The van der Waals surface area contributed by atoms with E-state index >= 15 is 0 Å². The van der Waals surface area contributed by atoms with E-state index < -0.39 is 72.6 Å². The van der Waals surface area contributed by atoms with Crippen molar-refractivity contribution >= 4 is 35.6 Å². The zero-order chi connectivity index (χ0) is 24.6. The second-order valence-corrected chi connectivity index (χ2v) is 8.15. The van der Waals surface area contributed by atoms with E-state index in [4.69, 9.17) is 16.6 Å². The molecule has 0 radical (unpaired) electrons. The third-order valence-electron chi connectivity index (χ3n) is 4.91. The Balaban J connectivity index is 2.96. The first kappa shape index (κ1) is 26.8. The Morgan fingerprint density at radius 2 is 1.66 bits per heavy atom. The summed E-state index contributed by atoms with van der Waals surface area (Å²) < 4.78 is 0. The minimum atomic E-state index is -1.53. The maximum Gasteiger partial charge on any atom is 0.326 e. The number of hydrogen-bond donors (Lipinski definition) is 6. The highest BCUT2D eigenvalue weighted by Gasteiger charge is 2.39. The highest BCUT2D eigenvalue weighted by molar-refractivity contribution is 5.96. The molecule has 0 aromatic rings. The molecular formula is C19H31N5O8. The Morgan fingerprint density at radius 3 is 2.16 bits per heavy atom. The van der Waals surface area contributed by atoms with Crippen molar-refractivity contribution in [1.82, 2.24) is 15.5 Å². The number of carbonyl (C=O) groups is 6. The molecule has 1 aliphatic rings. The fourth-order valence-electron chi connectivity index (χ4n) is 3.43. The van der Waals surface area contributed by atoms with E-state index in [0.717, 1.165) is 4.90 Å². The number of likely N-dealkylation sites (tertiary alicyclic amines) is 1. The Labute approximate surface area is 184 Å². The summed E-state index contributed by atoms with van der Waals surface area (Å²) in [7, 11) is 0.